The number of hydrogen-bond acceptors (Lipinski definition) is 2. The van der Waals surface area contributed by atoms with Crippen molar-refractivity contribution in [3.63, 3.8) is 0 Å². The Labute approximate surface area is 128 Å². The average Bonchev–Trinajstić information content (AvgIpc) is 2.82. The number of benzene rings is 1. The third-order valence-corrected chi connectivity index (χ3v) is 4.47. The normalized spacial score (nSPS) is 17.4. The molecule has 1 aromatic heterocycles. The predicted molar refractivity (Wildman–Crippen MR) is 83.7 cm³/mol. The minimum atomic E-state index is -0.0178. The molecule has 0 bridgehead atoms. The SMILES string of the molecule is Cc1nc2c([nH]1)CC(C(=O)Nc1cccc(Cl)c1C)CC2. The van der Waals surface area contributed by atoms with Gasteiger partial charge in [0.05, 0.1) is 5.69 Å². The Morgan fingerprint density at radius 3 is 3.05 bits per heavy atom. The van der Waals surface area contributed by atoms with Crippen LogP contribution in [0, 0.1) is 19.8 Å². The number of anilines is 1. The molecule has 2 N–H and O–H groups in total. The molecule has 0 fully saturated rings. The number of aryl methyl sites for hydroxylation is 2. The number of halogens is 1. The van der Waals surface area contributed by atoms with Gasteiger partial charge in [-0.2, -0.15) is 0 Å². The Kier molecular flexibility index (Phi) is 3.72. The first kappa shape index (κ1) is 14.1. The first-order chi connectivity index (χ1) is 10.0. The lowest BCUT2D eigenvalue weighted by Gasteiger charge is -2.21. The number of carbonyl (C=O) groups is 1. The molecule has 0 radical (unpaired) electrons. The Morgan fingerprint density at radius 2 is 2.24 bits per heavy atom. The number of carbonyl (C=O) groups excluding carboxylic acids is 1. The molecule has 0 saturated carbocycles. The molecule has 1 atom stereocenters. The zero-order valence-corrected chi connectivity index (χ0v) is 12.9. The molecule has 1 amide bonds. The van der Waals surface area contributed by atoms with Crippen LogP contribution < -0.4 is 5.32 Å². The highest BCUT2D eigenvalue weighted by atomic mass is 35.5. The molecule has 110 valence electrons. The molecule has 1 heterocycles. The quantitative estimate of drug-likeness (QED) is 0.893. The van der Waals surface area contributed by atoms with E-state index in [1.807, 2.05) is 32.0 Å². The van der Waals surface area contributed by atoms with Crippen LogP contribution in [0.3, 0.4) is 0 Å². The summed E-state index contributed by atoms with van der Waals surface area (Å²) in [6.45, 7) is 3.86. The second kappa shape index (κ2) is 5.53. The van der Waals surface area contributed by atoms with Gasteiger partial charge in [0.15, 0.2) is 0 Å². The summed E-state index contributed by atoms with van der Waals surface area (Å²) in [6, 6.07) is 5.56. The smallest absolute Gasteiger partial charge is 0.227 e. The fourth-order valence-corrected chi connectivity index (χ4v) is 3.00. The fourth-order valence-electron chi connectivity index (χ4n) is 2.82. The number of hydrogen-bond donors (Lipinski definition) is 2. The lowest BCUT2D eigenvalue weighted by atomic mass is 9.89. The molecular weight excluding hydrogens is 286 g/mol. The van der Waals surface area contributed by atoms with Crippen LogP contribution in [0.1, 0.15) is 29.2 Å². The zero-order chi connectivity index (χ0) is 15.0. The number of rotatable bonds is 2. The van der Waals surface area contributed by atoms with E-state index in [1.165, 1.54) is 0 Å². The fraction of sp³-hybridized carbons (Fsp3) is 0.375. The number of nitrogens with zero attached hydrogens (tertiary/aromatic N) is 1. The topological polar surface area (TPSA) is 57.8 Å². The first-order valence-electron chi connectivity index (χ1n) is 7.15. The molecule has 1 aliphatic rings. The van der Waals surface area contributed by atoms with Gasteiger partial charge in [0, 0.05) is 28.7 Å². The van der Waals surface area contributed by atoms with Crippen molar-refractivity contribution in [2.24, 2.45) is 5.92 Å². The molecular formula is C16H18ClN3O. The largest absolute Gasteiger partial charge is 0.346 e. The molecule has 21 heavy (non-hydrogen) atoms. The Bertz CT molecular complexity index is 693. The standard InChI is InChI=1S/C16H18ClN3O/c1-9-12(17)4-3-5-13(9)20-16(21)11-6-7-14-15(8-11)19-10(2)18-14/h3-5,11H,6-8H2,1-2H3,(H,18,19)(H,20,21). The van der Waals surface area contributed by atoms with Crippen LogP contribution in [0.15, 0.2) is 18.2 Å². The van der Waals surface area contributed by atoms with E-state index in [0.717, 1.165) is 47.7 Å². The Balaban J connectivity index is 1.73. The summed E-state index contributed by atoms with van der Waals surface area (Å²) in [5, 5.41) is 3.67. The van der Waals surface area contributed by atoms with Gasteiger partial charge in [-0.1, -0.05) is 17.7 Å². The monoisotopic (exact) mass is 303 g/mol. The Hall–Kier alpha value is -1.81. The van der Waals surface area contributed by atoms with Gasteiger partial charge >= 0.3 is 0 Å². The summed E-state index contributed by atoms with van der Waals surface area (Å²) in [6.07, 6.45) is 2.41. The van der Waals surface area contributed by atoms with Gasteiger partial charge in [0.1, 0.15) is 5.82 Å². The molecule has 1 unspecified atom stereocenters. The summed E-state index contributed by atoms with van der Waals surface area (Å²) in [5.41, 5.74) is 3.90. The molecule has 5 heteroatoms. The number of H-pyrrole nitrogens is 1. The highest BCUT2D eigenvalue weighted by molar-refractivity contribution is 6.31. The maximum Gasteiger partial charge on any atom is 0.227 e. The lowest BCUT2D eigenvalue weighted by Crippen LogP contribution is -2.28. The average molecular weight is 304 g/mol. The van der Waals surface area contributed by atoms with Gasteiger partial charge in [0.25, 0.3) is 0 Å². The van der Waals surface area contributed by atoms with Crippen LogP contribution in [-0.4, -0.2) is 15.9 Å². The third-order valence-electron chi connectivity index (χ3n) is 4.06. The number of imidazole rings is 1. The predicted octanol–water partition coefficient (Wildman–Crippen LogP) is 3.42. The van der Waals surface area contributed by atoms with E-state index in [9.17, 15) is 4.79 Å². The number of aromatic amines is 1. The molecule has 0 saturated heterocycles. The maximum atomic E-state index is 12.5. The van der Waals surface area contributed by atoms with Gasteiger partial charge in [-0.3, -0.25) is 4.79 Å². The van der Waals surface area contributed by atoms with Crippen molar-refractivity contribution in [3.8, 4) is 0 Å². The zero-order valence-electron chi connectivity index (χ0n) is 12.2. The van der Waals surface area contributed by atoms with Crippen LogP contribution in [0.5, 0.6) is 0 Å². The molecule has 0 spiro atoms. The van der Waals surface area contributed by atoms with E-state index in [2.05, 4.69) is 15.3 Å². The highest BCUT2D eigenvalue weighted by Gasteiger charge is 2.27. The van der Waals surface area contributed by atoms with Crippen LogP contribution in [-0.2, 0) is 17.6 Å². The lowest BCUT2D eigenvalue weighted by molar-refractivity contribution is -0.120. The minimum Gasteiger partial charge on any atom is -0.346 e. The summed E-state index contributed by atoms with van der Waals surface area (Å²) >= 11 is 6.09. The summed E-state index contributed by atoms with van der Waals surface area (Å²) in [7, 11) is 0. The number of fused-ring (bicyclic) bond motifs is 1. The number of nitrogens with one attached hydrogen (secondary N) is 2. The summed E-state index contributed by atoms with van der Waals surface area (Å²) < 4.78 is 0. The first-order valence-corrected chi connectivity index (χ1v) is 7.52. The molecule has 3 rings (SSSR count). The van der Waals surface area contributed by atoms with Crippen LogP contribution >= 0.6 is 11.6 Å². The van der Waals surface area contributed by atoms with Gasteiger partial charge < -0.3 is 10.3 Å². The third kappa shape index (κ3) is 2.81. The van der Waals surface area contributed by atoms with Crippen molar-refractivity contribution in [3.05, 3.63) is 46.0 Å². The van der Waals surface area contributed by atoms with Gasteiger partial charge in [-0.05, 0) is 44.4 Å². The molecule has 1 aromatic carbocycles. The molecule has 4 nitrogen and oxygen atoms in total. The van der Waals surface area contributed by atoms with Crippen LogP contribution in [0.2, 0.25) is 5.02 Å². The van der Waals surface area contributed by atoms with E-state index in [-0.39, 0.29) is 11.8 Å². The van der Waals surface area contributed by atoms with Gasteiger partial charge in [-0.15, -0.1) is 0 Å². The van der Waals surface area contributed by atoms with E-state index in [4.69, 9.17) is 11.6 Å². The Morgan fingerprint density at radius 1 is 1.43 bits per heavy atom. The van der Waals surface area contributed by atoms with Crippen molar-refractivity contribution in [2.45, 2.75) is 33.1 Å². The van der Waals surface area contributed by atoms with Crippen LogP contribution in [0.25, 0.3) is 0 Å². The minimum absolute atomic E-state index is 0.0178. The van der Waals surface area contributed by atoms with E-state index >= 15 is 0 Å². The van der Waals surface area contributed by atoms with Gasteiger partial charge in [-0.25, -0.2) is 4.98 Å². The van der Waals surface area contributed by atoms with Gasteiger partial charge in [0.2, 0.25) is 5.91 Å². The van der Waals surface area contributed by atoms with E-state index in [0.29, 0.717) is 5.02 Å². The van der Waals surface area contributed by atoms with E-state index < -0.39 is 0 Å². The maximum absolute atomic E-state index is 12.5. The van der Waals surface area contributed by atoms with Crippen molar-refractivity contribution >= 4 is 23.2 Å². The number of amides is 1. The second-order valence-corrected chi connectivity index (χ2v) is 6.00. The van der Waals surface area contributed by atoms with Crippen molar-refractivity contribution in [2.75, 3.05) is 5.32 Å². The molecule has 2 aromatic rings. The van der Waals surface area contributed by atoms with Crippen molar-refractivity contribution in [1.29, 1.82) is 0 Å². The molecule has 1 aliphatic carbocycles. The number of aromatic nitrogens is 2. The highest BCUT2D eigenvalue weighted by Crippen LogP contribution is 2.27. The second-order valence-electron chi connectivity index (χ2n) is 5.59. The van der Waals surface area contributed by atoms with Crippen molar-refractivity contribution < 1.29 is 4.79 Å². The summed E-state index contributed by atoms with van der Waals surface area (Å²) in [4.78, 5) is 20.2. The van der Waals surface area contributed by atoms with Crippen LogP contribution in [0.4, 0.5) is 5.69 Å². The van der Waals surface area contributed by atoms with Crippen molar-refractivity contribution in [1.82, 2.24) is 9.97 Å². The summed E-state index contributed by atoms with van der Waals surface area (Å²) in [5.74, 6) is 0.959. The van der Waals surface area contributed by atoms with E-state index in [1.54, 1.807) is 0 Å². The molecule has 0 aliphatic heterocycles.